The highest BCUT2D eigenvalue weighted by Gasteiger charge is 2.18. The van der Waals surface area contributed by atoms with Crippen LogP contribution in [0.4, 0.5) is 17.1 Å². The summed E-state index contributed by atoms with van der Waals surface area (Å²) in [5, 5.41) is 4.98. The van der Waals surface area contributed by atoms with E-state index in [1.165, 1.54) is 60.4 Å². The Morgan fingerprint density at radius 1 is 0.275 bits per heavy atom. The molecule has 51 heavy (non-hydrogen) atoms. The second-order valence-corrected chi connectivity index (χ2v) is 13.0. The minimum absolute atomic E-state index is 1.11. The number of anilines is 3. The molecule has 10 rings (SSSR count). The summed E-state index contributed by atoms with van der Waals surface area (Å²) in [5.41, 5.74) is 12.9. The molecule has 2 heterocycles. The van der Waals surface area contributed by atoms with Crippen molar-refractivity contribution in [3.8, 4) is 22.5 Å². The van der Waals surface area contributed by atoms with Crippen LogP contribution in [0.15, 0.2) is 200 Å². The van der Waals surface area contributed by atoms with Crippen molar-refractivity contribution in [1.29, 1.82) is 0 Å². The average molecular weight is 652 g/mol. The summed E-state index contributed by atoms with van der Waals surface area (Å²) in [7, 11) is 0. The van der Waals surface area contributed by atoms with Gasteiger partial charge < -0.3 is 14.0 Å². The first kappa shape index (κ1) is 29.1. The van der Waals surface area contributed by atoms with Crippen molar-refractivity contribution in [2.45, 2.75) is 0 Å². The van der Waals surface area contributed by atoms with Gasteiger partial charge in [0.1, 0.15) is 0 Å². The number of benzene rings is 8. The molecule has 0 aliphatic carbocycles. The van der Waals surface area contributed by atoms with Crippen LogP contribution in [0, 0.1) is 0 Å². The van der Waals surface area contributed by atoms with Crippen LogP contribution >= 0.6 is 0 Å². The van der Waals surface area contributed by atoms with Gasteiger partial charge in [-0.2, -0.15) is 0 Å². The fraction of sp³-hybridized carbons (Fsp3) is 0. The molecule has 0 aliphatic rings. The van der Waals surface area contributed by atoms with Gasteiger partial charge in [-0.25, -0.2) is 0 Å². The van der Waals surface area contributed by atoms with Gasteiger partial charge in [-0.15, -0.1) is 0 Å². The molecule has 0 aliphatic heterocycles. The van der Waals surface area contributed by atoms with Crippen LogP contribution in [-0.2, 0) is 0 Å². The van der Waals surface area contributed by atoms with E-state index in [9.17, 15) is 0 Å². The molecule has 3 heteroatoms. The lowest BCUT2D eigenvalue weighted by Crippen LogP contribution is -2.09. The maximum absolute atomic E-state index is 2.37. The summed E-state index contributed by atoms with van der Waals surface area (Å²) in [4.78, 5) is 2.36. The fourth-order valence-corrected chi connectivity index (χ4v) is 7.79. The maximum atomic E-state index is 2.37. The summed E-state index contributed by atoms with van der Waals surface area (Å²) < 4.78 is 4.73. The Morgan fingerprint density at radius 3 is 1.27 bits per heavy atom. The highest BCUT2D eigenvalue weighted by atomic mass is 15.1. The summed E-state index contributed by atoms with van der Waals surface area (Å²) in [6, 6.07) is 72.0. The number of nitrogens with zero attached hydrogens (tertiary/aromatic N) is 3. The summed E-state index contributed by atoms with van der Waals surface area (Å²) in [6.45, 7) is 0. The van der Waals surface area contributed by atoms with E-state index in [-0.39, 0.29) is 0 Å². The smallest absolute Gasteiger partial charge is 0.0542 e. The van der Waals surface area contributed by atoms with Crippen LogP contribution in [0.1, 0.15) is 0 Å². The molecule has 2 aromatic heterocycles. The second-order valence-electron chi connectivity index (χ2n) is 13.0. The third-order valence-electron chi connectivity index (χ3n) is 10.1. The quantitative estimate of drug-likeness (QED) is 0.174. The molecule has 0 bridgehead atoms. The van der Waals surface area contributed by atoms with E-state index in [4.69, 9.17) is 0 Å². The molecule has 0 radical (unpaired) electrons. The van der Waals surface area contributed by atoms with Crippen molar-refractivity contribution in [2.75, 3.05) is 4.90 Å². The SMILES string of the molecule is c1ccc(N(c2ccc(-c3ccc4c(c3)c3ccccc3n4-c3ccccc3)cc2)c2ccc3c(c2)c2ccccc2n3-c2ccccc2)cc1. The summed E-state index contributed by atoms with van der Waals surface area (Å²) in [5.74, 6) is 0. The van der Waals surface area contributed by atoms with Crippen molar-refractivity contribution in [3.05, 3.63) is 200 Å². The first-order valence-electron chi connectivity index (χ1n) is 17.4. The minimum Gasteiger partial charge on any atom is -0.310 e. The fourth-order valence-electron chi connectivity index (χ4n) is 7.79. The molecule has 0 amide bonds. The Morgan fingerprint density at radius 2 is 0.686 bits per heavy atom. The molecule has 8 aromatic carbocycles. The van der Waals surface area contributed by atoms with Crippen LogP contribution in [0.2, 0.25) is 0 Å². The normalized spacial score (nSPS) is 11.5. The topological polar surface area (TPSA) is 13.1 Å². The third kappa shape index (κ3) is 4.82. The molecule has 0 fully saturated rings. The Bertz CT molecular complexity index is 2830. The Labute approximate surface area is 296 Å². The van der Waals surface area contributed by atoms with Crippen LogP contribution in [0.5, 0.6) is 0 Å². The molecular formula is C48H33N3. The maximum Gasteiger partial charge on any atom is 0.0542 e. The summed E-state index contributed by atoms with van der Waals surface area (Å²) >= 11 is 0. The minimum atomic E-state index is 1.11. The lowest BCUT2D eigenvalue weighted by atomic mass is 10.0. The van der Waals surface area contributed by atoms with Crippen molar-refractivity contribution < 1.29 is 0 Å². The standard InChI is InChI=1S/C48H33N3/c1-4-14-36(15-5-1)49(40-29-31-48-44(33-40)42-21-11-13-23-46(42)51(48)38-18-8-3-9-19-38)39-27-24-34(25-28-39)35-26-30-47-43(32-35)41-20-10-12-22-45(41)50(47)37-16-6-2-7-17-37/h1-33H. The van der Waals surface area contributed by atoms with Gasteiger partial charge in [0.05, 0.1) is 22.1 Å². The van der Waals surface area contributed by atoms with Gasteiger partial charge in [0.25, 0.3) is 0 Å². The molecule has 240 valence electrons. The number of hydrogen-bond acceptors (Lipinski definition) is 1. The predicted octanol–water partition coefficient (Wildman–Crippen LogP) is 13.0. The number of aromatic nitrogens is 2. The molecular weight excluding hydrogens is 619 g/mol. The first-order valence-corrected chi connectivity index (χ1v) is 17.4. The molecule has 3 nitrogen and oxygen atoms in total. The van der Waals surface area contributed by atoms with E-state index >= 15 is 0 Å². The first-order chi connectivity index (χ1) is 25.3. The van der Waals surface area contributed by atoms with Gasteiger partial charge in [-0.3, -0.25) is 0 Å². The van der Waals surface area contributed by atoms with Crippen molar-refractivity contribution in [2.24, 2.45) is 0 Å². The van der Waals surface area contributed by atoms with Gasteiger partial charge >= 0.3 is 0 Å². The highest BCUT2D eigenvalue weighted by Crippen LogP contribution is 2.41. The van der Waals surface area contributed by atoms with Crippen molar-refractivity contribution >= 4 is 60.7 Å². The van der Waals surface area contributed by atoms with E-state index in [1.807, 2.05) is 0 Å². The monoisotopic (exact) mass is 651 g/mol. The lowest BCUT2D eigenvalue weighted by molar-refractivity contribution is 1.18. The zero-order valence-electron chi connectivity index (χ0n) is 27.9. The van der Waals surface area contributed by atoms with Crippen LogP contribution < -0.4 is 4.90 Å². The van der Waals surface area contributed by atoms with Gasteiger partial charge in [0, 0.05) is 50.0 Å². The Hall–Kier alpha value is -6.84. The van der Waals surface area contributed by atoms with Crippen LogP contribution in [0.25, 0.3) is 66.1 Å². The molecule has 0 spiro atoms. The zero-order chi connectivity index (χ0) is 33.7. The van der Waals surface area contributed by atoms with Gasteiger partial charge in [-0.1, -0.05) is 109 Å². The average Bonchev–Trinajstić information content (AvgIpc) is 3.72. The van der Waals surface area contributed by atoms with E-state index < -0.39 is 0 Å². The number of fused-ring (bicyclic) bond motifs is 6. The van der Waals surface area contributed by atoms with Crippen LogP contribution in [-0.4, -0.2) is 9.13 Å². The third-order valence-corrected chi connectivity index (χ3v) is 10.1. The van der Waals surface area contributed by atoms with E-state index in [0.29, 0.717) is 0 Å². The van der Waals surface area contributed by atoms with E-state index in [2.05, 4.69) is 214 Å². The molecule has 0 saturated carbocycles. The lowest BCUT2D eigenvalue weighted by Gasteiger charge is -2.26. The predicted molar refractivity (Wildman–Crippen MR) is 215 cm³/mol. The number of para-hydroxylation sites is 5. The highest BCUT2D eigenvalue weighted by molar-refractivity contribution is 6.11. The van der Waals surface area contributed by atoms with Gasteiger partial charge in [0.15, 0.2) is 0 Å². The van der Waals surface area contributed by atoms with Gasteiger partial charge in [0.2, 0.25) is 0 Å². The molecule has 0 unspecified atom stereocenters. The van der Waals surface area contributed by atoms with Crippen molar-refractivity contribution in [3.63, 3.8) is 0 Å². The van der Waals surface area contributed by atoms with Gasteiger partial charge in [-0.05, 0) is 102 Å². The molecule has 0 atom stereocenters. The number of rotatable bonds is 6. The van der Waals surface area contributed by atoms with Crippen molar-refractivity contribution in [1.82, 2.24) is 9.13 Å². The van der Waals surface area contributed by atoms with Crippen LogP contribution in [0.3, 0.4) is 0 Å². The number of hydrogen-bond donors (Lipinski definition) is 0. The largest absolute Gasteiger partial charge is 0.310 e. The zero-order valence-corrected chi connectivity index (χ0v) is 27.9. The molecule has 0 saturated heterocycles. The Kier molecular flexibility index (Phi) is 6.81. The Balaban J connectivity index is 1.08. The second kappa shape index (κ2) is 11.9. The van der Waals surface area contributed by atoms with E-state index in [0.717, 1.165) is 22.7 Å². The summed E-state index contributed by atoms with van der Waals surface area (Å²) in [6.07, 6.45) is 0. The molecule has 10 aromatic rings. The molecule has 0 N–H and O–H groups in total. The van der Waals surface area contributed by atoms with E-state index in [1.54, 1.807) is 0 Å².